The van der Waals surface area contributed by atoms with Crippen molar-refractivity contribution >= 4 is 21.8 Å². The Kier molecular flexibility index (Phi) is 4.90. The number of carbonyl (C=O) groups is 1. The molecule has 104 valence electrons. The molecule has 2 aromatic rings. The average molecular weight is 336 g/mol. The van der Waals surface area contributed by atoms with Crippen LogP contribution in [-0.2, 0) is 6.42 Å². The molecule has 0 spiro atoms. The van der Waals surface area contributed by atoms with Crippen LogP contribution >= 0.6 is 15.9 Å². The number of hydrogen-bond acceptors (Lipinski definition) is 1. The monoisotopic (exact) mass is 335 g/mol. The fourth-order valence-electron chi connectivity index (χ4n) is 1.93. The average Bonchev–Trinajstić information content (AvgIpc) is 2.42. The maximum absolute atomic E-state index is 12.8. The molecule has 0 radical (unpaired) electrons. The summed E-state index contributed by atoms with van der Waals surface area (Å²) in [4.78, 5) is 12.0. The third-order valence-electron chi connectivity index (χ3n) is 2.94. The Balaban J connectivity index is 1.93. The lowest BCUT2D eigenvalue weighted by Crippen LogP contribution is -2.34. The molecule has 0 saturated heterocycles. The second-order valence-electron chi connectivity index (χ2n) is 4.71. The van der Waals surface area contributed by atoms with E-state index < -0.39 is 0 Å². The molecule has 2 rings (SSSR count). The van der Waals surface area contributed by atoms with Crippen molar-refractivity contribution in [2.45, 2.75) is 19.4 Å². The Morgan fingerprint density at radius 2 is 1.75 bits per heavy atom. The molecule has 2 nitrogen and oxygen atoms in total. The number of nitrogens with one attached hydrogen (secondary N) is 1. The van der Waals surface area contributed by atoms with Crippen molar-refractivity contribution in [3.05, 3.63) is 69.9 Å². The third-order valence-corrected chi connectivity index (χ3v) is 3.47. The van der Waals surface area contributed by atoms with Gasteiger partial charge in [-0.15, -0.1) is 0 Å². The first kappa shape index (κ1) is 14.7. The van der Waals surface area contributed by atoms with E-state index in [4.69, 9.17) is 0 Å². The minimum Gasteiger partial charge on any atom is -0.349 e. The van der Waals surface area contributed by atoms with Crippen LogP contribution in [-0.4, -0.2) is 11.9 Å². The lowest BCUT2D eigenvalue weighted by Gasteiger charge is -2.14. The van der Waals surface area contributed by atoms with Gasteiger partial charge >= 0.3 is 0 Å². The fraction of sp³-hybridized carbons (Fsp3) is 0.188. The van der Waals surface area contributed by atoms with Crippen LogP contribution < -0.4 is 5.32 Å². The third kappa shape index (κ3) is 4.17. The quantitative estimate of drug-likeness (QED) is 0.900. The summed E-state index contributed by atoms with van der Waals surface area (Å²) in [6.45, 7) is 1.93. The number of amides is 1. The molecule has 0 aromatic heterocycles. The van der Waals surface area contributed by atoms with E-state index in [9.17, 15) is 9.18 Å². The second-order valence-corrected chi connectivity index (χ2v) is 5.63. The van der Waals surface area contributed by atoms with E-state index in [1.807, 2.05) is 19.1 Å². The SMILES string of the molecule is CC(Cc1ccc(F)cc1)NC(=O)c1ccc(Br)cc1. The van der Waals surface area contributed by atoms with Gasteiger partial charge in [0.05, 0.1) is 0 Å². The van der Waals surface area contributed by atoms with Crippen LogP contribution in [0.15, 0.2) is 53.0 Å². The van der Waals surface area contributed by atoms with Crippen molar-refractivity contribution in [2.24, 2.45) is 0 Å². The van der Waals surface area contributed by atoms with Crippen LogP contribution in [0.2, 0.25) is 0 Å². The van der Waals surface area contributed by atoms with Crippen molar-refractivity contribution < 1.29 is 9.18 Å². The molecular weight excluding hydrogens is 321 g/mol. The van der Waals surface area contributed by atoms with Crippen LogP contribution in [0.25, 0.3) is 0 Å². The number of carbonyl (C=O) groups excluding carboxylic acids is 1. The molecule has 1 atom stereocenters. The van der Waals surface area contributed by atoms with E-state index in [1.165, 1.54) is 12.1 Å². The maximum atomic E-state index is 12.8. The number of rotatable bonds is 4. The van der Waals surface area contributed by atoms with E-state index in [0.29, 0.717) is 12.0 Å². The minimum atomic E-state index is -0.250. The van der Waals surface area contributed by atoms with E-state index in [1.54, 1.807) is 24.3 Å². The van der Waals surface area contributed by atoms with Crippen molar-refractivity contribution in [2.75, 3.05) is 0 Å². The van der Waals surface area contributed by atoms with Crippen LogP contribution in [0.1, 0.15) is 22.8 Å². The summed E-state index contributed by atoms with van der Waals surface area (Å²) >= 11 is 3.33. The molecule has 0 aliphatic heterocycles. The van der Waals surface area contributed by atoms with Crippen LogP contribution in [0.5, 0.6) is 0 Å². The molecule has 1 N–H and O–H groups in total. The summed E-state index contributed by atoms with van der Waals surface area (Å²) in [6, 6.07) is 13.5. The molecule has 1 unspecified atom stereocenters. The summed E-state index contributed by atoms with van der Waals surface area (Å²) in [6.07, 6.45) is 0.669. The molecule has 4 heteroatoms. The van der Waals surface area contributed by atoms with Crippen molar-refractivity contribution in [3.8, 4) is 0 Å². The summed E-state index contributed by atoms with van der Waals surface area (Å²) < 4.78 is 13.8. The van der Waals surface area contributed by atoms with Gasteiger partial charge in [0.1, 0.15) is 5.82 Å². The molecule has 20 heavy (non-hydrogen) atoms. The van der Waals surface area contributed by atoms with Gasteiger partial charge in [-0.3, -0.25) is 4.79 Å². The molecule has 1 amide bonds. The molecule has 2 aromatic carbocycles. The highest BCUT2D eigenvalue weighted by Crippen LogP contribution is 2.11. The Bertz CT molecular complexity index is 580. The van der Waals surface area contributed by atoms with E-state index >= 15 is 0 Å². The van der Waals surface area contributed by atoms with Crippen LogP contribution in [0.3, 0.4) is 0 Å². The lowest BCUT2D eigenvalue weighted by molar-refractivity contribution is 0.0940. The molecule has 0 aliphatic rings. The Morgan fingerprint density at radius 1 is 1.15 bits per heavy atom. The number of hydrogen-bond donors (Lipinski definition) is 1. The molecule has 0 heterocycles. The highest BCUT2D eigenvalue weighted by Gasteiger charge is 2.10. The van der Waals surface area contributed by atoms with Crippen molar-refractivity contribution in [1.82, 2.24) is 5.32 Å². The summed E-state index contributed by atoms with van der Waals surface area (Å²) in [5, 5.41) is 2.93. The fourth-order valence-corrected chi connectivity index (χ4v) is 2.20. The van der Waals surface area contributed by atoms with Gasteiger partial charge in [-0.2, -0.15) is 0 Å². The van der Waals surface area contributed by atoms with Gasteiger partial charge in [0, 0.05) is 16.1 Å². The second kappa shape index (κ2) is 6.66. The zero-order valence-corrected chi connectivity index (χ0v) is 12.7. The number of halogens is 2. The van der Waals surface area contributed by atoms with Gasteiger partial charge in [0.2, 0.25) is 0 Å². The molecule has 0 bridgehead atoms. The minimum absolute atomic E-state index is 0.0170. The molecule has 0 fully saturated rings. The first-order valence-corrected chi connectivity index (χ1v) is 7.15. The predicted molar refractivity (Wildman–Crippen MR) is 81.2 cm³/mol. The maximum Gasteiger partial charge on any atom is 0.251 e. The smallest absolute Gasteiger partial charge is 0.251 e. The van der Waals surface area contributed by atoms with Gasteiger partial charge < -0.3 is 5.32 Å². The molecule has 0 saturated carbocycles. The lowest BCUT2D eigenvalue weighted by atomic mass is 10.1. The van der Waals surface area contributed by atoms with Gasteiger partial charge in [0.15, 0.2) is 0 Å². The molecular formula is C16H15BrFNO. The summed E-state index contributed by atoms with van der Waals surface area (Å²) in [5.74, 6) is -0.354. The highest BCUT2D eigenvalue weighted by molar-refractivity contribution is 9.10. The van der Waals surface area contributed by atoms with E-state index in [0.717, 1.165) is 10.0 Å². The van der Waals surface area contributed by atoms with E-state index in [2.05, 4.69) is 21.2 Å². The van der Waals surface area contributed by atoms with Gasteiger partial charge in [-0.05, 0) is 55.3 Å². The van der Waals surface area contributed by atoms with Crippen LogP contribution in [0, 0.1) is 5.82 Å². The van der Waals surface area contributed by atoms with Crippen LogP contribution in [0.4, 0.5) is 4.39 Å². The Labute approximate surface area is 126 Å². The Hall–Kier alpha value is -1.68. The van der Waals surface area contributed by atoms with Crippen molar-refractivity contribution in [3.63, 3.8) is 0 Å². The summed E-state index contributed by atoms with van der Waals surface area (Å²) in [7, 11) is 0. The van der Waals surface area contributed by atoms with Gasteiger partial charge in [0.25, 0.3) is 5.91 Å². The number of benzene rings is 2. The predicted octanol–water partition coefficient (Wildman–Crippen LogP) is 3.95. The highest BCUT2D eigenvalue weighted by atomic mass is 79.9. The zero-order valence-electron chi connectivity index (χ0n) is 11.1. The normalized spacial score (nSPS) is 11.9. The zero-order chi connectivity index (χ0) is 14.5. The first-order valence-electron chi connectivity index (χ1n) is 6.35. The topological polar surface area (TPSA) is 29.1 Å². The molecule has 0 aliphatic carbocycles. The van der Waals surface area contributed by atoms with E-state index in [-0.39, 0.29) is 17.8 Å². The van der Waals surface area contributed by atoms with Gasteiger partial charge in [-0.1, -0.05) is 28.1 Å². The van der Waals surface area contributed by atoms with Gasteiger partial charge in [-0.25, -0.2) is 4.39 Å². The summed E-state index contributed by atoms with van der Waals surface area (Å²) in [5.41, 5.74) is 1.62. The van der Waals surface area contributed by atoms with Crippen molar-refractivity contribution in [1.29, 1.82) is 0 Å². The first-order chi connectivity index (χ1) is 9.54. The Morgan fingerprint density at radius 3 is 2.35 bits per heavy atom. The standard InChI is InChI=1S/C16H15BrFNO/c1-11(10-12-2-8-15(18)9-3-12)19-16(20)13-4-6-14(17)7-5-13/h2-9,11H,10H2,1H3,(H,19,20). The largest absolute Gasteiger partial charge is 0.349 e.